The molecular formula is C10H9BrF2O. The van der Waals surface area contributed by atoms with E-state index in [1.54, 1.807) is 0 Å². The smallest absolute Gasteiger partial charge is 0.140 e. The van der Waals surface area contributed by atoms with Gasteiger partial charge in [-0.3, -0.25) is 0 Å². The number of benzene rings is 1. The van der Waals surface area contributed by atoms with Crippen LogP contribution in [0.25, 0.3) is 0 Å². The first kappa shape index (κ1) is 10.1. The van der Waals surface area contributed by atoms with E-state index in [-0.39, 0.29) is 10.9 Å². The number of hydrogen-bond acceptors (Lipinski definition) is 1. The van der Waals surface area contributed by atoms with Crippen LogP contribution in [0.15, 0.2) is 16.6 Å². The van der Waals surface area contributed by atoms with Crippen LogP contribution in [-0.4, -0.2) is 10.7 Å². The normalized spacial score (nSPS) is 18.3. The molecule has 1 aliphatic rings. The topological polar surface area (TPSA) is 20.2 Å². The van der Waals surface area contributed by atoms with Gasteiger partial charge in [0.05, 0.1) is 10.1 Å². The maximum Gasteiger partial charge on any atom is 0.140 e. The molecule has 0 spiro atoms. The van der Waals surface area contributed by atoms with Gasteiger partial charge in [-0.2, -0.15) is 0 Å². The van der Waals surface area contributed by atoms with E-state index in [4.69, 9.17) is 0 Å². The second-order valence-corrected chi connectivity index (χ2v) is 4.61. The van der Waals surface area contributed by atoms with Crippen molar-refractivity contribution in [3.05, 3.63) is 33.8 Å². The van der Waals surface area contributed by atoms with Gasteiger partial charge in [0, 0.05) is 12.5 Å². The molecule has 0 heterocycles. The lowest BCUT2D eigenvalue weighted by Gasteiger charge is -2.09. The van der Waals surface area contributed by atoms with Crippen LogP contribution < -0.4 is 0 Å². The van der Waals surface area contributed by atoms with E-state index in [0.717, 1.165) is 6.07 Å². The predicted octanol–water partition coefficient (Wildman–Crippen LogP) is 2.79. The standard InChI is InChI=1S/C10H9BrF2O/c11-7-3-6(5-10(14)1-2-10)8(12)4-9(7)13/h3-4,14H,1-2,5H2. The Kier molecular flexibility index (Phi) is 2.35. The summed E-state index contributed by atoms with van der Waals surface area (Å²) in [7, 11) is 0. The molecule has 0 aromatic heterocycles. The summed E-state index contributed by atoms with van der Waals surface area (Å²) < 4.78 is 26.3. The molecule has 1 N–H and O–H groups in total. The number of rotatable bonds is 2. The first-order chi connectivity index (χ1) is 6.50. The summed E-state index contributed by atoms with van der Waals surface area (Å²) in [5.74, 6) is -1.21. The fourth-order valence-corrected chi connectivity index (χ4v) is 1.77. The zero-order valence-electron chi connectivity index (χ0n) is 7.36. The van der Waals surface area contributed by atoms with E-state index in [1.165, 1.54) is 6.07 Å². The van der Waals surface area contributed by atoms with Crippen LogP contribution in [0.2, 0.25) is 0 Å². The first-order valence-corrected chi connectivity index (χ1v) is 5.15. The Bertz CT molecular complexity index is 375. The SMILES string of the molecule is OC1(Cc2cc(Br)c(F)cc2F)CC1. The van der Waals surface area contributed by atoms with E-state index < -0.39 is 17.2 Å². The van der Waals surface area contributed by atoms with Crippen LogP contribution in [0.3, 0.4) is 0 Å². The summed E-state index contributed by atoms with van der Waals surface area (Å²) in [5, 5.41) is 9.59. The van der Waals surface area contributed by atoms with Crippen molar-refractivity contribution in [2.75, 3.05) is 0 Å². The Labute approximate surface area is 88.9 Å². The van der Waals surface area contributed by atoms with Gasteiger partial charge in [-0.05, 0) is 40.4 Å². The minimum absolute atomic E-state index is 0.234. The van der Waals surface area contributed by atoms with Crippen molar-refractivity contribution in [3.8, 4) is 0 Å². The van der Waals surface area contributed by atoms with Crippen molar-refractivity contribution in [1.82, 2.24) is 0 Å². The van der Waals surface area contributed by atoms with E-state index in [1.807, 2.05) is 0 Å². The Morgan fingerprint density at radius 2 is 1.93 bits per heavy atom. The van der Waals surface area contributed by atoms with Gasteiger partial charge in [0.15, 0.2) is 0 Å². The largest absolute Gasteiger partial charge is 0.390 e. The lowest BCUT2D eigenvalue weighted by Crippen LogP contribution is -2.12. The fourth-order valence-electron chi connectivity index (χ4n) is 1.37. The lowest BCUT2D eigenvalue weighted by atomic mass is 10.1. The predicted molar refractivity (Wildman–Crippen MR) is 51.9 cm³/mol. The molecule has 2 rings (SSSR count). The Balaban J connectivity index is 2.29. The molecule has 1 saturated carbocycles. The monoisotopic (exact) mass is 262 g/mol. The zero-order chi connectivity index (χ0) is 10.3. The molecule has 1 fully saturated rings. The zero-order valence-corrected chi connectivity index (χ0v) is 8.94. The van der Waals surface area contributed by atoms with Gasteiger partial charge >= 0.3 is 0 Å². The molecule has 0 radical (unpaired) electrons. The average molecular weight is 263 g/mol. The first-order valence-electron chi connectivity index (χ1n) is 4.36. The van der Waals surface area contributed by atoms with Crippen LogP contribution in [0.5, 0.6) is 0 Å². The number of hydrogen-bond donors (Lipinski definition) is 1. The third-order valence-corrected chi connectivity index (χ3v) is 3.04. The Morgan fingerprint density at radius 1 is 1.29 bits per heavy atom. The minimum Gasteiger partial charge on any atom is -0.390 e. The molecule has 0 aliphatic heterocycles. The fraction of sp³-hybridized carbons (Fsp3) is 0.400. The summed E-state index contributed by atoms with van der Waals surface area (Å²) >= 11 is 2.98. The van der Waals surface area contributed by atoms with Crippen LogP contribution in [0.4, 0.5) is 8.78 Å². The van der Waals surface area contributed by atoms with E-state index in [2.05, 4.69) is 15.9 Å². The van der Waals surface area contributed by atoms with Crippen LogP contribution in [-0.2, 0) is 6.42 Å². The van der Waals surface area contributed by atoms with Gasteiger partial charge in [-0.25, -0.2) is 8.78 Å². The summed E-state index contributed by atoms with van der Waals surface area (Å²) in [6, 6.07) is 2.23. The van der Waals surface area contributed by atoms with Gasteiger partial charge in [-0.15, -0.1) is 0 Å². The molecule has 1 nitrogen and oxygen atoms in total. The van der Waals surface area contributed by atoms with Crippen LogP contribution >= 0.6 is 15.9 Å². The Morgan fingerprint density at radius 3 is 2.50 bits per heavy atom. The number of aliphatic hydroxyl groups is 1. The summed E-state index contributed by atoms with van der Waals surface area (Å²) in [5.41, 5.74) is -0.392. The van der Waals surface area contributed by atoms with Crippen molar-refractivity contribution in [2.45, 2.75) is 24.9 Å². The maximum absolute atomic E-state index is 13.2. The lowest BCUT2D eigenvalue weighted by molar-refractivity contribution is 0.149. The minimum atomic E-state index is -0.752. The van der Waals surface area contributed by atoms with Crippen molar-refractivity contribution >= 4 is 15.9 Å². The molecule has 1 aromatic carbocycles. The van der Waals surface area contributed by atoms with Crippen molar-refractivity contribution < 1.29 is 13.9 Å². The van der Waals surface area contributed by atoms with Gasteiger partial charge in [0.1, 0.15) is 11.6 Å². The van der Waals surface area contributed by atoms with Crippen LogP contribution in [0, 0.1) is 11.6 Å². The molecule has 1 aliphatic carbocycles. The van der Waals surface area contributed by atoms with E-state index in [0.29, 0.717) is 18.4 Å². The highest BCUT2D eigenvalue weighted by molar-refractivity contribution is 9.10. The molecule has 0 bridgehead atoms. The molecule has 0 amide bonds. The Hall–Kier alpha value is -0.480. The second-order valence-electron chi connectivity index (χ2n) is 3.76. The van der Waals surface area contributed by atoms with Gasteiger partial charge in [0.25, 0.3) is 0 Å². The summed E-state index contributed by atoms with van der Waals surface area (Å²) in [6.45, 7) is 0. The highest BCUT2D eigenvalue weighted by Gasteiger charge is 2.40. The highest BCUT2D eigenvalue weighted by Crippen LogP contribution is 2.39. The van der Waals surface area contributed by atoms with E-state index >= 15 is 0 Å². The van der Waals surface area contributed by atoms with Gasteiger partial charge < -0.3 is 5.11 Å². The molecule has 0 unspecified atom stereocenters. The second kappa shape index (κ2) is 3.28. The molecule has 14 heavy (non-hydrogen) atoms. The molecule has 1 aromatic rings. The van der Waals surface area contributed by atoms with Gasteiger partial charge in [-0.1, -0.05) is 0 Å². The van der Waals surface area contributed by atoms with E-state index in [9.17, 15) is 13.9 Å². The van der Waals surface area contributed by atoms with Gasteiger partial charge in [0.2, 0.25) is 0 Å². The summed E-state index contributed by atoms with van der Waals surface area (Å²) in [4.78, 5) is 0. The quantitative estimate of drug-likeness (QED) is 0.813. The number of halogens is 3. The summed E-state index contributed by atoms with van der Waals surface area (Å²) in [6.07, 6.45) is 1.65. The van der Waals surface area contributed by atoms with Crippen molar-refractivity contribution in [3.63, 3.8) is 0 Å². The molecule has 76 valence electrons. The van der Waals surface area contributed by atoms with Crippen LogP contribution in [0.1, 0.15) is 18.4 Å². The molecule has 0 atom stereocenters. The molecule has 0 saturated heterocycles. The highest BCUT2D eigenvalue weighted by atomic mass is 79.9. The van der Waals surface area contributed by atoms with Crippen molar-refractivity contribution in [2.24, 2.45) is 0 Å². The average Bonchev–Trinajstić information content (AvgIpc) is 2.80. The molecule has 4 heteroatoms. The molecular weight excluding hydrogens is 254 g/mol. The maximum atomic E-state index is 13.2. The van der Waals surface area contributed by atoms with Crippen molar-refractivity contribution in [1.29, 1.82) is 0 Å². The third kappa shape index (κ3) is 1.96. The third-order valence-electron chi connectivity index (χ3n) is 2.44.